The first-order valence-electron chi connectivity index (χ1n) is 10.1. The van der Waals surface area contributed by atoms with Gasteiger partial charge >= 0.3 is 0 Å². The van der Waals surface area contributed by atoms with Gasteiger partial charge < -0.3 is 4.84 Å². The second-order valence-corrected chi connectivity index (χ2v) is 7.84. The lowest BCUT2D eigenvalue weighted by Gasteiger charge is -2.14. The van der Waals surface area contributed by atoms with Crippen molar-refractivity contribution in [3.63, 3.8) is 0 Å². The summed E-state index contributed by atoms with van der Waals surface area (Å²) in [7, 11) is 0. The number of nitrogens with zero attached hydrogens (tertiary/aromatic N) is 6. The zero-order valence-corrected chi connectivity index (χ0v) is 17.1. The summed E-state index contributed by atoms with van der Waals surface area (Å²) in [6.45, 7) is 4.07. The lowest BCUT2D eigenvalue weighted by Crippen LogP contribution is -2.11. The van der Waals surface area contributed by atoms with Crippen LogP contribution in [0.25, 0.3) is 16.6 Å². The highest BCUT2D eigenvalue weighted by Crippen LogP contribution is 2.32. The van der Waals surface area contributed by atoms with Gasteiger partial charge in [-0.15, -0.1) is 10.2 Å². The monoisotopic (exact) mass is 422 g/mol. The van der Waals surface area contributed by atoms with E-state index in [1.54, 1.807) is 38.1 Å². The molecular weight excluding hydrogens is 402 g/mol. The molecule has 1 aliphatic carbocycles. The third-order valence-electron chi connectivity index (χ3n) is 5.52. The van der Waals surface area contributed by atoms with Crippen LogP contribution < -0.4 is 0 Å². The minimum absolute atomic E-state index is 0.0971. The van der Waals surface area contributed by atoms with Crippen molar-refractivity contribution in [2.45, 2.75) is 32.6 Å². The molecule has 1 aliphatic rings. The van der Waals surface area contributed by atoms with E-state index in [0.717, 1.165) is 0 Å². The van der Waals surface area contributed by atoms with Gasteiger partial charge in [0.05, 0.1) is 5.52 Å². The molecule has 0 amide bonds. The average molecular weight is 422 g/mol. The van der Waals surface area contributed by atoms with Gasteiger partial charge in [0.15, 0.2) is 11.5 Å². The van der Waals surface area contributed by atoms with E-state index in [1.165, 1.54) is 29.6 Å². The van der Waals surface area contributed by atoms with Crippen LogP contribution in [0, 0.1) is 17.6 Å². The summed E-state index contributed by atoms with van der Waals surface area (Å²) in [5.41, 5.74) is 1.81. The molecule has 31 heavy (non-hydrogen) atoms. The molecule has 9 heteroatoms. The Kier molecular flexibility index (Phi) is 4.80. The molecule has 1 aromatic carbocycles. The van der Waals surface area contributed by atoms with Crippen molar-refractivity contribution in [2.75, 3.05) is 6.61 Å². The summed E-state index contributed by atoms with van der Waals surface area (Å²) < 4.78 is 31.5. The number of halogens is 2. The van der Waals surface area contributed by atoms with Crippen molar-refractivity contribution < 1.29 is 13.6 Å². The molecule has 1 atom stereocenters. The summed E-state index contributed by atoms with van der Waals surface area (Å²) in [4.78, 5) is 9.42. The van der Waals surface area contributed by atoms with E-state index in [9.17, 15) is 4.39 Å². The zero-order valence-electron chi connectivity index (χ0n) is 17.1. The van der Waals surface area contributed by atoms with Crippen LogP contribution in [0.1, 0.15) is 49.7 Å². The SMILES string of the molecule is C/C(=N\OCC1CC1)c1ccc2nnc([C@@H](C)c3c(F)cc4ncccc4c3F)n2n1. The molecule has 5 rings (SSSR count). The lowest BCUT2D eigenvalue weighted by molar-refractivity contribution is 0.134. The Morgan fingerprint density at radius 2 is 2.10 bits per heavy atom. The standard InChI is InChI=1S/C22H20F2N6O/c1-12(20-16(23)10-18-15(21(20)24)4-3-9-25-18)22-27-26-19-8-7-17(28-30(19)22)13(2)29-31-11-14-5-6-14/h3-4,7-10,12,14H,5-6,11H2,1-2H3/b29-13+/t12-/m0/s1. The van der Waals surface area contributed by atoms with Crippen LogP contribution >= 0.6 is 0 Å². The molecule has 0 spiro atoms. The number of oxime groups is 1. The molecule has 0 saturated heterocycles. The molecule has 0 unspecified atom stereocenters. The van der Waals surface area contributed by atoms with E-state index in [2.05, 4.69) is 25.4 Å². The molecule has 7 nitrogen and oxygen atoms in total. The molecule has 3 heterocycles. The predicted octanol–water partition coefficient (Wildman–Crippen LogP) is 4.25. The summed E-state index contributed by atoms with van der Waals surface area (Å²) in [5, 5.41) is 17.2. The van der Waals surface area contributed by atoms with Crippen molar-refractivity contribution in [3.8, 4) is 0 Å². The van der Waals surface area contributed by atoms with Gasteiger partial charge in [-0.1, -0.05) is 12.1 Å². The number of hydrogen-bond acceptors (Lipinski definition) is 6. The summed E-state index contributed by atoms with van der Waals surface area (Å²) in [6.07, 6.45) is 3.86. The maximum Gasteiger partial charge on any atom is 0.177 e. The van der Waals surface area contributed by atoms with Gasteiger partial charge in [-0.05, 0) is 49.9 Å². The maximum atomic E-state index is 15.2. The van der Waals surface area contributed by atoms with E-state index in [0.29, 0.717) is 35.4 Å². The van der Waals surface area contributed by atoms with Crippen LogP contribution in [0.15, 0.2) is 41.7 Å². The quantitative estimate of drug-likeness (QED) is 0.343. The van der Waals surface area contributed by atoms with Gasteiger partial charge in [0.25, 0.3) is 0 Å². The molecule has 158 valence electrons. The van der Waals surface area contributed by atoms with E-state index in [1.807, 2.05) is 0 Å². The van der Waals surface area contributed by atoms with E-state index in [-0.39, 0.29) is 16.5 Å². The Morgan fingerprint density at radius 3 is 2.90 bits per heavy atom. The highest BCUT2D eigenvalue weighted by Gasteiger charge is 2.25. The fourth-order valence-electron chi connectivity index (χ4n) is 3.53. The van der Waals surface area contributed by atoms with E-state index < -0.39 is 17.6 Å². The maximum absolute atomic E-state index is 15.2. The van der Waals surface area contributed by atoms with Crippen molar-refractivity contribution in [1.82, 2.24) is 24.8 Å². The van der Waals surface area contributed by atoms with Gasteiger partial charge in [-0.2, -0.15) is 9.61 Å². The largest absolute Gasteiger partial charge is 0.395 e. The van der Waals surface area contributed by atoms with Crippen LogP contribution in [0.3, 0.4) is 0 Å². The molecule has 3 aromatic heterocycles. The first-order valence-corrected chi connectivity index (χ1v) is 10.1. The minimum atomic E-state index is -0.731. The van der Waals surface area contributed by atoms with Crippen molar-refractivity contribution in [3.05, 3.63) is 65.2 Å². The highest BCUT2D eigenvalue weighted by atomic mass is 19.1. The fraction of sp³-hybridized carbons (Fsp3) is 0.318. The number of aromatic nitrogens is 5. The summed E-state index contributed by atoms with van der Waals surface area (Å²) in [6, 6.07) is 7.93. The smallest absolute Gasteiger partial charge is 0.177 e. The van der Waals surface area contributed by atoms with Gasteiger partial charge in [-0.3, -0.25) is 4.98 Å². The molecule has 0 radical (unpaired) electrons. The zero-order chi connectivity index (χ0) is 21.5. The first kappa shape index (κ1) is 19.5. The van der Waals surface area contributed by atoms with Gasteiger partial charge in [-0.25, -0.2) is 8.78 Å². The Bertz CT molecular complexity index is 1310. The van der Waals surface area contributed by atoms with Crippen LogP contribution in [0.5, 0.6) is 0 Å². The van der Waals surface area contributed by atoms with Crippen molar-refractivity contribution in [2.24, 2.45) is 11.1 Å². The van der Waals surface area contributed by atoms with E-state index in [4.69, 9.17) is 4.84 Å². The van der Waals surface area contributed by atoms with E-state index >= 15 is 4.39 Å². The topological polar surface area (TPSA) is 77.6 Å². The van der Waals surface area contributed by atoms with Crippen LogP contribution in [-0.2, 0) is 4.84 Å². The van der Waals surface area contributed by atoms with Crippen LogP contribution in [0.2, 0.25) is 0 Å². The second-order valence-electron chi connectivity index (χ2n) is 7.84. The van der Waals surface area contributed by atoms with Crippen molar-refractivity contribution in [1.29, 1.82) is 0 Å². The molecule has 4 aromatic rings. The molecule has 0 N–H and O–H groups in total. The summed E-state index contributed by atoms with van der Waals surface area (Å²) in [5.74, 6) is -1.15. The molecule has 1 saturated carbocycles. The first-order chi connectivity index (χ1) is 15.0. The van der Waals surface area contributed by atoms with Crippen LogP contribution in [0.4, 0.5) is 8.78 Å². The third-order valence-corrected chi connectivity index (χ3v) is 5.52. The molecular formula is C22H20F2N6O. The Morgan fingerprint density at radius 1 is 1.26 bits per heavy atom. The van der Waals surface area contributed by atoms with Crippen molar-refractivity contribution >= 4 is 22.3 Å². The lowest BCUT2D eigenvalue weighted by atomic mass is 9.97. The molecule has 1 fully saturated rings. The van der Waals surface area contributed by atoms with Crippen LogP contribution in [-0.4, -0.2) is 37.1 Å². The minimum Gasteiger partial charge on any atom is -0.395 e. The van der Waals surface area contributed by atoms with Gasteiger partial charge in [0, 0.05) is 29.1 Å². The Balaban J connectivity index is 1.53. The number of fused-ring (bicyclic) bond motifs is 2. The van der Waals surface area contributed by atoms with Gasteiger partial charge in [0.2, 0.25) is 0 Å². The average Bonchev–Trinajstić information content (AvgIpc) is 3.49. The number of hydrogen-bond donors (Lipinski definition) is 0. The predicted molar refractivity (Wildman–Crippen MR) is 111 cm³/mol. The molecule has 0 bridgehead atoms. The number of benzene rings is 1. The number of pyridine rings is 1. The normalized spacial score (nSPS) is 15.5. The highest BCUT2D eigenvalue weighted by molar-refractivity contribution is 5.96. The molecule has 0 aliphatic heterocycles. The second kappa shape index (κ2) is 7.64. The Labute approximate surface area is 176 Å². The fourth-order valence-corrected chi connectivity index (χ4v) is 3.53. The summed E-state index contributed by atoms with van der Waals surface area (Å²) >= 11 is 0. The Hall–Kier alpha value is -3.49. The number of rotatable bonds is 6. The van der Waals surface area contributed by atoms with Gasteiger partial charge in [0.1, 0.15) is 29.6 Å². The third kappa shape index (κ3) is 3.60.